The Morgan fingerprint density at radius 3 is 2.71 bits per heavy atom. The highest BCUT2D eigenvalue weighted by Crippen LogP contribution is 2.44. The lowest BCUT2D eigenvalue weighted by Gasteiger charge is -2.29. The second-order valence-electron chi connectivity index (χ2n) is 5.06. The molecule has 0 radical (unpaired) electrons. The number of halogens is 4. The Morgan fingerprint density at radius 1 is 1.48 bits per heavy atom. The molecule has 1 aromatic rings. The third-order valence-electron chi connectivity index (χ3n) is 3.83. The molecule has 1 aliphatic heterocycles. The molecule has 7 heteroatoms. The molecule has 116 valence electrons. The number of alkyl halides is 3. The van der Waals surface area contributed by atoms with Crippen molar-refractivity contribution in [2.24, 2.45) is 5.41 Å². The number of ether oxygens (including phenoxy) is 1. The summed E-state index contributed by atoms with van der Waals surface area (Å²) >= 11 is 3.25. The van der Waals surface area contributed by atoms with Crippen molar-refractivity contribution in [3.63, 3.8) is 0 Å². The molecule has 1 aliphatic rings. The third kappa shape index (κ3) is 3.08. The zero-order valence-corrected chi connectivity index (χ0v) is 13.0. The predicted octanol–water partition coefficient (Wildman–Crippen LogP) is 3.11. The van der Waals surface area contributed by atoms with Gasteiger partial charge in [-0.05, 0) is 31.2 Å². The van der Waals surface area contributed by atoms with E-state index in [4.69, 9.17) is 4.74 Å². The summed E-state index contributed by atoms with van der Waals surface area (Å²) < 4.78 is 45.8. The van der Waals surface area contributed by atoms with E-state index in [1.807, 2.05) is 0 Å². The van der Waals surface area contributed by atoms with Crippen LogP contribution in [0.15, 0.2) is 22.7 Å². The van der Waals surface area contributed by atoms with Crippen LogP contribution in [0.25, 0.3) is 0 Å². The third-order valence-corrected chi connectivity index (χ3v) is 4.32. The summed E-state index contributed by atoms with van der Waals surface area (Å²) in [6, 6.07) is 4.95. The molecule has 2 rings (SSSR count). The fraction of sp³-hybridized carbons (Fsp3) is 0.500. The molecule has 0 aromatic heterocycles. The lowest BCUT2D eigenvalue weighted by Crippen LogP contribution is -2.47. The number of carbonyl (C=O) groups excluding carboxylic acids is 1. The molecule has 3 nitrogen and oxygen atoms in total. The standard InChI is InChI=1S/C14H15BrF3NO2/c1-21-11-3-2-10(15)6-9(11)7-12(20)13(14(16,17)18)4-5-19-8-13/h2-3,6,19H,4-5,7-8H2,1H3. The number of rotatable bonds is 4. The van der Waals surface area contributed by atoms with Crippen LogP contribution >= 0.6 is 15.9 Å². The first-order valence-corrected chi connectivity index (χ1v) is 7.22. The minimum absolute atomic E-state index is 0.195. The molecular formula is C14H15BrF3NO2. The van der Waals surface area contributed by atoms with Gasteiger partial charge in [0.1, 0.15) is 11.2 Å². The van der Waals surface area contributed by atoms with Crippen LogP contribution in [0.4, 0.5) is 13.2 Å². The number of nitrogens with one attached hydrogen (secondary N) is 1. The van der Waals surface area contributed by atoms with Crippen molar-refractivity contribution >= 4 is 21.7 Å². The fourth-order valence-electron chi connectivity index (χ4n) is 2.56. The zero-order valence-electron chi connectivity index (χ0n) is 11.4. The van der Waals surface area contributed by atoms with Crippen molar-refractivity contribution in [1.29, 1.82) is 0 Å². The summed E-state index contributed by atoms with van der Waals surface area (Å²) in [5.41, 5.74) is -1.84. The maximum atomic E-state index is 13.3. The lowest BCUT2D eigenvalue weighted by molar-refractivity contribution is -0.214. The number of carbonyl (C=O) groups is 1. The van der Waals surface area contributed by atoms with Gasteiger partial charge in [0.2, 0.25) is 0 Å². The fourth-order valence-corrected chi connectivity index (χ4v) is 2.97. The molecule has 1 atom stereocenters. The Bertz CT molecular complexity index is 540. The number of hydrogen-bond donors (Lipinski definition) is 1. The summed E-state index contributed by atoms with van der Waals surface area (Å²) in [6.07, 6.45) is -5.07. The average molecular weight is 366 g/mol. The van der Waals surface area contributed by atoms with Crippen LogP contribution in [-0.2, 0) is 11.2 Å². The average Bonchev–Trinajstić information content (AvgIpc) is 2.89. The van der Waals surface area contributed by atoms with Crippen LogP contribution in [0.2, 0.25) is 0 Å². The normalized spacial score (nSPS) is 22.3. The number of hydrogen-bond acceptors (Lipinski definition) is 3. The Kier molecular flexibility index (Phi) is 4.63. The molecule has 1 saturated heterocycles. The van der Waals surface area contributed by atoms with Crippen molar-refractivity contribution in [1.82, 2.24) is 5.32 Å². The quantitative estimate of drug-likeness (QED) is 0.890. The molecular weight excluding hydrogens is 351 g/mol. The molecule has 1 unspecified atom stereocenters. The Balaban J connectivity index is 2.30. The minimum Gasteiger partial charge on any atom is -0.496 e. The Labute approximate surface area is 129 Å². The number of methoxy groups -OCH3 is 1. The van der Waals surface area contributed by atoms with Gasteiger partial charge in [-0.1, -0.05) is 15.9 Å². The number of Topliss-reactive ketones (excluding diaryl/α,β-unsaturated/α-hetero) is 1. The highest BCUT2D eigenvalue weighted by Gasteiger charge is 2.60. The first-order valence-electron chi connectivity index (χ1n) is 6.43. The first-order chi connectivity index (χ1) is 9.80. The second kappa shape index (κ2) is 5.96. The largest absolute Gasteiger partial charge is 0.496 e. The van der Waals surface area contributed by atoms with Crippen LogP contribution in [-0.4, -0.2) is 32.2 Å². The zero-order chi connectivity index (χ0) is 15.7. The van der Waals surface area contributed by atoms with Gasteiger partial charge in [0.25, 0.3) is 0 Å². The molecule has 0 saturated carbocycles. The van der Waals surface area contributed by atoms with E-state index >= 15 is 0 Å². The smallest absolute Gasteiger partial charge is 0.402 e. The molecule has 1 N–H and O–H groups in total. The second-order valence-corrected chi connectivity index (χ2v) is 5.98. The number of benzene rings is 1. The van der Waals surface area contributed by atoms with Crippen LogP contribution in [0.1, 0.15) is 12.0 Å². The summed E-state index contributed by atoms with van der Waals surface area (Å²) in [5.74, 6) is -0.411. The highest BCUT2D eigenvalue weighted by atomic mass is 79.9. The van der Waals surface area contributed by atoms with E-state index in [0.29, 0.717) is 15.8 Å². The van der Waals surface area contributed by atoms with Crippen molar-refractivity contribution in [3.05, 3.63) is 28.2 Å². The van der Waals surface area contributed by atoms with Crippen LogP contribution < -0.4 is 10.1 Å². The lowest BCUT2D eigenvalue weighted by atomic mass is 9.79. The molecule has 0 spiro atoms. The molecule has 0 bridgehead atoms. The van der Waals surface area contributed by atoms with E-state index in [1.165, 1.54) is 7.11 Å². The summed E-state index contributed by atoms with van der Waals surface area (Å²) in [4.78, 5) is 12.3. The summed E-state index contributed by atoms with van der Waals surface area (Å²) in [5, 5.41) is 2.65. The topological polar surface area (TPSA) is 38.3 Å². The van der Waals surface area contributed by atoms with Crippen molar-refractivity contribution in [2.75, 3.05) is 20.2 Å². The van der Waals surface area contributed by atoms with Crippen molar-refractivity contribution in [3.8, 4) is 5.75 Å². The molecule has 1 heterocycles. The van der Waals surface area contributed by atoms with Gasteiger partial charge in [-0.2, -0.15) is 13.2 Å². The van der Waals surface area contributed by atoms with E-state index in [-0.39, 0.29) is 25.9 Å². The molecule has 21 heavy (non-hydrogen) atoms. The van der Waals surface area contributed by atoms with E-state index in [9.17, 15) is 18.0 Å². The summed E-state index contributed by atoms with van der Waals surface area (Å²) in [7, 11) is 1.42. The van der Waals surface area contributed by atoms with Gasteiger partial charge in [0.15, 0.2) is 5.78 Å². The maximum Gasteiger partial charge on any atom is 0.402 e. The van der Waals surface area contributed by atoms with Crippen molar-refractivity contribution < 1.29 is 22.7 Å². The molecule has 1 aromatic carbocycles. The SMILES string of the molecule is COc1ccc(Br)cc1CC(=O)C1(C(F)(F)F)CCNC1. The minimum atomic E-state index is -4.55. The van der Waals surface area contributed by atoms with Gasteiger partial charge >= 0.3 is 6.18 Å². The van der Waals surface area contributed by atoms with E-state index < -0.39 is 17.4 Å². The summed E-state index contributed by atoms with van der Waals surface area (Å²) in [6.45, 7) is -0.160. The maximum absolute atomic E-state index is 13.3. The van der Waals surface area contributed by atoms with Gasteiger partial charge in [-0.3, -0.25) is 4.79 Å². The number of ketones is 1. The highest BCUT2D eigenvalue weighted by molar-refractivity contribution is 9.10. The van der Waals surface area contributed by atoms with E-state index in [1.54, 1.807) is 18.2 Å². The Hall–Kier alpha value is -1.08. The van der Waals surface area contributed by atoms with E-state index in [2.05, 4.69) is 21.2 Å². The molecule has 1 fully saturated rings. The van der Waals surface area contributed by atoms with Gasteiger partial charge in [-0.25, -0.2) is 0 Å². The van der Waals surface area contributed by atoms with Gasteiger partial charge < -0.3 is 10.1 Å². The van der Waals surface area contributed by atoms with Gasteiger partial charge in [0.05, 0.1) is 7.11 Å². The Morgan fingerprint density at radius 2 is 2.19 bits per heavy atom. The molecule has 0 aliphatic carbocycles. The predicted molar refractivity (Wildman–Crippen MR) is 75.4 cm³/mol. The molecule has 0 amide bonds. The van der Waals surface area contributed by atoms with Gasteiger partial charge in [0, 0.05) is 23.0 Å². The van der Waals surface area contributed by atoms with Crippen LogP contribution in [0, 0.1) is 5.41 Å². The van der Waals surface area contributed by atoms with Crippen LogP contribution in [0.5, 0.6) is 5.75 Å². The van der Waals surface area contributed by atoms with E-state index in [0.717, 1.165) is 0 Å². The first kappa shape index (κ1) is 16.3. The van der Waals surface area contributed by atoms with Crippen molar-refractivity contribution in [2.45, 2.75) is 19.0 Å². The monoisotopic (exact) mass is 365 g/mol. The van der Waals surface area contributed by atoms with Gasteiger partial charge in [-0.15, -0.1) is 0 Å². The van der Waals surface area contributed by atoms with Crippen LogP contribution in [0.3, 0.4) is 0 Å².